The van der Waals surface area contributed by atoms with E-state index in [2.05, 4.69) is 13.2 Å². The number of rotatable bonds is 8. The maximum Gasteiger partial charge on any atom is 0.161 e. The van der Waals surface area contributed by atoms with Gasteiger partial charge in [0.05, 0.1) is 0 Å². The van der Waals surface area contributed by atoms with Crippen molar-refractivity contribution in [3.05, 3.63) is 24.3 Å². The average molecular weight is 224 g/mol. The fourth-order valence-electron chi connectivity index (χ4n) is 1.15. The van der Waals surface area contributed by atoms with E-state index in [0.717, 1.165) is 5.57 Å². The smallest absolute Gasteiger partial charge is 0.161 e. The van der Waals surface area contributed by atoms with E-state index in [1.165, 1.54) is 0 Å². The van der Waals surface area contributed by atoms with Crippen molar-refractivity contribution in [3.63, 3.8) is 0 Å². The first-order valence-corrected chi connectivity index (χ1v) is 5.38. The van der Waals surface area contributed by atoms with E-state index in [-0.39, 0.29) is 30.8 Å². The Morgan fingerprint density at radius 3 is 2.12 bits per heavy atom. The summed E-state index contributed by atoms with van der Waals surface area (Å²) < 4.78 is 0. The summed E-state index contributed by atoms with van der Waals surface area (Å²) in [5, 5.41) is 9.50. The fraction of sp³-hybridized carbons (Fsp3) is 0.538. The maximum absolute atomic E-state index is 11.4. The molecule has 0 rings (SSSR count). The second-order valence-electron chi connectivity index (χ2n) is 4.18. The Labute approximate surface area is 96.9 Å². The Hall–Kier alpha value is -1.22. The summed E-state index contributed by atoms with van der Waals surface area (Å²) in [7, 11) is 0. The van der Waals surface area contributed by atoms with Gasteiger partial charge in [0.1, 0.15) is 6.10 Å². The molecule has 0 bridgehead atoms. The molecule has 1 unspecified atom stereocenters. The molecule has 16 heavy (non-hydrogen) atoms. The Morgan fingerprint density at radius 2 is 1.69 bits per heavy atom. The molecule has 0 aliphatic rings. The van der Waals surface area contributed by atoms with Crippen LogP contribution >= 0.6 is 0 Å². The molecule has 0 aromatic heterocycles. The van der Waals surface area contributed by atoms with Crippen molar-refractivity contribution in [2.45, 2.75) is 45.6 Å². The quantitative estimate of drug-likeness (QED) is 0.508. The number of aliphatic hydroxyl groups is 1. The zero-order chi connectivity index (χ0) is 12.7. The Morgan fingerprint density at radius 1 is 1.12 bits per heavy atom. The summed E-state index contributed by atoms with van der Waals surface area (Å²) in [4.78, 5) is 22.6. The lowest BCUT2D eigenvalue weighted by atomic mass is 10.0. The predicted octanol–water partition coefficient (Wildman–Crippen LogP) is 2.20. The number of aliphatic hydroxyl groups excluding tert-OH is 1. The van der Waals surface area contributed by atoms with Gasteiger partial charge in [-0.3, -0.25) is 9.59 Å². The fourth-order valence-corrected chi connectivity index (χ4v) is 1.15. The molecule has 0 fully saturated rings. The van der Waals surface area contributed by atoms with Gasteiger partial charge >= 0.3 is 0 Å². The van der Waals surface area contributed by atoms with Gasteiger partial charge in [0.15, 0.2) is 11.6 Å². The first-order chi connectivity index (χ1) is 7.34. The molecule has 0 heterocycles. The minimum absolute atomic E-state index is 0.105. The minimum atomic E-state index is -1.04. The Bertz CT molecular complexity index is 302. The largest absolute Gasteiger partial charge is 0.385 e. The third kappa shape index (κ3) is 6.30. The van der Waals surface area contributed by atoms with Gasteiger partial charge in [-0.05, 0) is 32.3 Å². The van der Waals surface area contributed by atoms with E-state index in [4.69, 9.17) is 0 Å². The summed E-state index contributed by atoms with van der Waals surface area (Å²) in [6, 6.07) is 0. The molecule has 0 aromatic rings. The van der Waals surface area contributed by atoms with Crippen LogP contribution in [0, 0.1) is 0 Å². The zero-order valence-corrected chi connectivity index (χ0v) is 10.1. The molecule has 0 saturated heterocycles. The summed E-state index contributed by atoms with van der Waals surface area (Å²) in [6.45, 7) is 10.7. The van der Waals surface area contributed by atoms with E-state index in [0.29, 0.717) is 12.0 Å². The minimum Gasteiger partial charge on any atom is -0.385 e. The molecular formula is C13H20O3. The van der Waals surface area contributed by atoms with Crippen LogP contribution in [0.4, 0.5) is 0 Å². The molecule has 0 aliphatic heterocycles. The third-order valence-electron chi connectivity index (χ3n) is 2.29. The van der Waals surface area contributed by atoms with E-state index in [1.807, 2.05) is 6.92 Å². The highest BCUT2D eigenvalue weighted by Gasteiger charge is 2.16. The normalized spacial score (nSPS) is 11.9. The molecule has 0 radical (unpaired) electrons. The first-order valence-electron chi connectivity index (χ1n) is 5.38. The lowest BCUT2D eigenvalue weighted by Gasteiger charge is -2.08. The molecule has 3 heteroatoms. The van der Waals surface area contributed by atoms with Crippen LogP contribution in [-0.2, 0) is 9.59 Å². The van der Waals surface area contributed by atoms with Crippen molar-refractivity contribution in [3.8, 4) is 0 Å². The van der Waals surface area contributed by atoms with Crippen molar-refractivity contribution >= 4 is 11.6 Å². The second-order valence-corrected chi connectivity index (χ2v) is 4.18. The van der Waals surface area contributed by atoms with E-state index in [9.17, 15) is 14.7 Å². The average Bonchev–Trinajstić information content (AvgIpc) is 2.21. The van der Waals surface area contributed by atoms with Crippen LogP contribution in [0.5, 0.6) is 0 Å². The van der Waals surface area contributed by atoms with Crippen molar-refractivity contribution in [1.82, 2.24) is 0 Å². The van der Waals surface area contributed by atoms with Crippen molar-refractivity contribution in [1.29, 1.82) is 0 Å². The first kappa shape index (κ1) is 14.8. The monoisotopic (exact) mass is 224 g/mol. The third-order valence-corrected chi connectivity index (χ3v) is 2.29. The zero-order valence-electron chi connectivity index (χ0n) is 10.1. The summed E-state index contributed by atoms with van der Waals surface area (Å²) in [5.74, 6) is -0.329. The van der Waals surface area contributed by atoms with Gasteiger partial charge in [0.2, 0.25) is 0 Å². The molecule has 0 aliphatic carbocycles. The van der Waals surface area contributed by atoms with Crippen LogP contribution < -0.4 is 0 Å². The van der Waals surface area contributed by atoms with Gasteiger partial charge in [0.25, 0.3) is 0 Å². The molecule has 1 atom stereocenters. The number of hydrogen-bond donors (Lipinski definition) is 1. The Balaban J connectivity index is 3.92. The SMILES string of the molecule is C=C(C)CCC(=O)C(O)CCC(=O)C(=C)C. The van der Waals surface area contributed by atoms with Gasteiger partial charge < -0.3 is 5.11 Å². The maximum atomic E-state index is 11.4. The van der Waals surface area contributed by atoms with Gasteiger partial charge in [-0.2, -0.15) is 0 Å². The van der Waals surface area contributed by atoms with Crippen LogP contribution in [0.1, 0.15) is 39.5 Å². The number of ketones is 2. The molecule has 0 spiro atoms. The van der Waals surface area contributed by atoms with Crippen LogP contribution in [0.25, 0.3) is 0 Å². The van der Waals surface area contributed by atoms with Gasteiger partial charge in [0, 0.05) is 12.8 Å². The van der Waals surface area contributed by atoms with Gasteiger partial charge in [-0.25, -0.2) is 0 Å². The molecular weight excluding hydrogens is 204 g/mol. The van der Waals surface area contributed by atoms with Crippen molar-refractivity contribution in [2.24, 2.45) is 0 Å². The van der Waals surface area contributed by atoms with Crippen LogP contribution in [0.3, 0.4) is 0 Å². The van der Waals surface area contributed by atoms with Gasteiger partial charge in [-0.1, -0.05) is 12.2 Å². The van der Waals surface area contributed by atoms with E-state index < -0.39 is 6.10 Å². The molecule has 1 N–H and O–H groups in total. The number of carbonyl (C=O) groups is 2. The highest BCUT2D eigenvalue weighted by atomic mass is 16.3. The number of Topliss-reactive ketones (excluding diaryl/α,β-unsaturated/α-hetero) is 2. The summed E-state index contributed by atoms with van der Waals surface area (Å²) in [6.07, 6.45) is 0.195. The molecule has 3 nitrogen and oxygen atoms in total. The predicted molar refractivity (Wildman–Crippen MR) is 64.1 cm³/mol. The molecule has 0 amide bonds. The number of carbonyl (C=O) groups excluding carboxylic acids is 2. The van der Waals surface area contributed by atoms with Crippen molar-refractivity contribution in [2.75, 3.05) is 0 Å². The number of allylic oxidation sites excluding steroid dienone is 2. The van der Waals surface area contributed by atoms with Crippen LogP contribution in [0.2, 0.25) is 0 Å². The van der Waals surface area contributed by atoms with E-state index in [1.54, 1.807) is 6.92 Å². The van der Waals surface area contributed by atoms with Crippen LogP contribution in [-0.4, -0.2) is 22.8 Å². The Kier molecular flexibility index (Phi) is 6.58. The van der Waals surface area contributed by atoms with Gasteiger partial charge in [-0.15, -0.1) is 6.58 Å². The number of hydrogen-bond acceptors (Lipinski definition) is 3. The topological polar surface area (TPSA) is 54.4 Å². The molecule has 0 saturated carbocycles. The standard InChI is InChI=1S/C13H20O3/c1-9(2)5-6-12(15)13(16)8-7-11(14)10(3)4/h13,16H,1,3,5-8H2,2,4H3. The molecule has 0 aromatic carbocycles. The highest BCUT2D eigenvalue weighted by Crippen LogP contribution is 2.08. The highest BCUT2D eigenvalue weighted by molar-refractivity contribution is 5.94. The second kappa shape index (κ2) is 7.12. The lowest BCUT2D eigenvalue weighted by Crippen LogP contribution is -2.21. The van der Waals surface area contributed by atoms with E-state index >= 15 is 0 Å². The van der Waals surface area contributed by atoms with Crippen molar-refractivity contribution < 1.29 is 14.7 Å². The lowest BCUT2D eigenvalue weighted by molar-refractivity contribution is -0.127. The molecule has 90 valence electrons. The van der Waals surface area contributed by atoms with Crippen LogP contribution in [0.15, 0.2) is 24.3 Å². The summed E-state index contributed by atoms with van der Waals surface area (Å²) in [5.41, 5.74) is 1.38. The summed E-state index contributed by atoms with van der Waals surface area (Å²) >= 11 is 0.